The molecule has 0 N–H and O–H groups in total. The molecule has 0 spiro atoms. The van der Waals surface area contributed by atoms with Crippen LogP contribution in [0.2, 0.25) is 0 Å². The number of aromatic nitrogens is 1. The predicted molar refractivity (Wildman–Crippen MR) is 86.2 cm³/mol. The standard InChI is InChI=1S/C18H15NO4/c1-21-16-8-6-14(11-17(16)22-2)23-18(20)13-5-7-15-12(10-13)4-3-9-19-15/h3-11H,1-2H3. The molecule has 0 atom stereocenters. The molecule has 0 fully saturated rings. The van der Waals surface area contributed by atoms with Crippen LogP contribution in [0.15, 0.2) is 54.7 Å². The third kappa shape index (κ3) is 3.08. The average Bonchev–Trinajstić information content (AvgIpc) is 2.61. The van der Waals surface area contributed by atoms with Crippen molar-refractivity contribution in [2.75, 3.05) is 14.2 Å². The third-order valence-corrected chi connectivity index (χ3v) is 3.40. The van der Waals surface area contributed by atoms with E-state index in [4.69, 9.17) is 14.2 Å². The van der Waals surface area contributed by atoms with E-state index >= 15 is 0 Å². The number of hydrogen-bond acceptors (Lipinski definition) is 5. The lowest BCUT2D eigenvalue weighted by Crippen LogP contribution is -2.08. The van der Waals surface area contributed by atoms with Crippen LogP contribution in [0, 0.1) is 0 Å². The number of carbonyl (C=O) groups excluding carboxylic acids is 1. The number of fused-ring (bicyclic) bond motifs is 1. The SMILES string of the molecule is COc1ccc(OC(=O)c2ccc3ncccc3c2)cc1OC. The van der Waals surface area contributed by atoms with Crippen LogP contribution in [-0.4, -0.2) is 25.2 Å². The number of benzene rings is 2. The second kappa shape index (κ2) is 6.36. The lowest BCUT2D eigenvalue weighted by Gasteiger charge is -2.10. The van der Waals surface area contributed by atoms with Crippen molar-refractivity contribution in [3.05, 3.63) is 60.3 Å². The van der Waals surface area contributed by atoms with Crippen molar-refractivity contribution >= 4 is 16.9 Å². The largest absolute Gasteiger partial charge is 0.493 e. The Balaban J connectivity index is 1.85. The quantitative estimate of drug-likeness (QED) is 0.545. The minimum atomic E-state index is -0.442. The molecule has 116 valence electrons. The van der Waals surface area contributed by atoms with Crippen molar-refractivity contribution in [1.82, 2.24) is 4.98 Å². The lowest BCUT2D eigenvalue weighted by atomic mass is 10.1. The van der Waals surface area contributed by atoms with E-state index in [9.17, 15) is 4.79 Å². The Bertz CT molecular complexity index is 861. The van der Waals surface area contributed by atoms with Gasteiger partial charge in [0, 0.05) is 17.6 Å². The zero-order valence-electron chi connectivity index (χ0n) is 12.8. The Morgan fingerprint density at radius 1 is 0.957 bits per heavy atom. The fraction of sp³-hybridized carbons (Fsp3) is 0.111. The number of ether oxygens (including phenoxy) is 3. The topological polar surface area (TPSA) is 57.7 Å². The van der Waals surface area contributed by atoms with Gasteiger partial charge in [-0.1, -0.05) is 6.07 Å². The van der Waals surface area contributed by atoms with Gasteiger partial charge in [-0.15, -0.1) is 0 Å². The molecule has 1 aromatic heterocycles. The minimum Gasteiger partial charge on any atom is -0.493 e. The van der Waals surface area contributed by atoms with Gasteiger partial charge in [-0.25, -0.2) is 4.79 Å². The summed E-state index contributed by atoms with van der Waals surface area (Å²) in [6.45, 7) is 0. The highest BCUT2D eigenvalue weighted by Gasteiger charge is 2.12. The summed E-state index contributed by atoms with van der Waals surface area (Å²) in [5, 5.41) is 0.884. The lowest BCUT2D eigenvalue weighted by molar-refractivity contribution is 0.0734. The van der Waals surface area contributed by atoms with E-state index in [1.54, 1.807) is 49.7 Å². The van der Waals surface area contributed by atoms with Crippen LogP contribution in [0.25, 0.3) is 10.9 Å². The number of esters is 1. The van der Waals surface area contributed by atoms with Gasteiger partial charge in [0.25, 0.3) is 0 Å². The molecule has 0 radical (unpaired) electrons. The molecule has 0 aliphatic rings. The van der Waals surface area contributed by atoms with Gasteiger partial charge in [0.2, 0.25) is 0 Å². The number of nitrogens with zero attached hydrogens (tertiary/aromatic N) is 1. The molecule has 2 aromatic carbocycles. The Labute approximate surface area is 133 Å². The number of pyridine rings is 1. The molecule has 0 aliphatic heterocycles. The minimum absolute atomic E-state index is 0.388. The molecule has 0 amide bonds. The molecular weight excluding hydrogens is 294 g/mol. The highest BCUT2D eigenvalue weighted by Crippen LogP contribution is 2.31. The fourth-order valence-electron chi connectivity index (χ4n) is 2.25. The van der Waals surface area contributed by atoms with Crippen LogP contribution in [0.4, 0.5) is 0 Å². The van der Waals surface area contributed by atoms with Crippen molar-refractivity contribution in [2.45, 2.75) is 0 Å². The first kappa shape index (κ1) is 14.8. The fourth-order valence-corrected chi connectivity index (χ4v) is 2.25. The van der Waals surface area contributed by atoms with Gasteiger partial charge in [0.05, 0.1) is 25.3 Å². The first-order valence-electron chi connectivity index (χ1n) is 7.00. The summed E-state index contributed by atoms with van der Waals surface area (Å²) in [5.74, 6) is 1.02. The summed E-state index contributed by atoms with van der Waals surface area (Å²) in [6, 6.07) is 13.9. The van der Waals surface area contributed by atoms with E-state index in [-0.39, 0.29) is 0 Å². The number of carbonyl (C=O) groups is 1. The molecule has 3 rings (SSSR count). The monoisotopic (exact) mass is 309 g/mol. The van der Waals surface area contributed by atoms with Crippen LogP contribution in [0.3, 0.4) is 0 Å². The van der Waals surface area contributed by atoms with E-state index in [2.05, 4.69) is 4.98 Å². The van der Waals surface area contributed by atoms with E-state index in [0.717, 1.165) is 10.9 Å². The number of methoxy groups -OCH3 is 2. The summed E-state index contributed by atoms with van der Waals surface area (Å²) < 4.78 is 15.8. The number of rotatable bonds is 4. The molecule has 0 bridgehead atoms. The maximum atomic E-state index is 12.3. The molecule has 3 aromatic rings. The number of hydrogen-bond donors (Lipinski definition) is 0. The zero-order chi connectivity index (χ0) is 16.2. The van der Waals surface area contributed by atoms with Crippen LogP contribution in [0.1, 0.15) is 10.4 Å². The zero-order valence-corrected chi connectivity index (χ0v) is 12.8. The molecule has 0 unspecified atom stereocenters. The van der Waals surface area contributed by atoms with E-state index in [1.165, 1.54) is 7.11 Å². The van der Waals surface area contributed by atoms with Gasteiger partial charge in [0.1, 0.15) is 5.75 Å². The first-order valence-corrected chi connectivity index (χ1v) is 7.00. The Morgan fingerprint density at radius 2 is 1.78 bits per heavy atom. The van der Waals surface area contributed by atoms with Gasteiger partial charge in [-0.3, -0.25) is 4.98 Å². The summed E-state index contributed by atoms with van der Waals surface area (Å²) >= 11 is 0. The Kier molecular flexibility index (Phi) is 4.10. The highest BCUT2D eigenvalue weighted by atomic mass is 16.5. The molecule has 23 heavy (non-hydrogen) atoms. The van der Waals surface area contributed by atoms with Crippen molar-refractivity contribution in [3.8, 4) is 17.2 Å². The molecule has 0 saturated carbocycles. The van der Waals surface area contributed by atoms with Gasteiger partial charge in [-0.2, -0.15) is 0 Å². The summed E-state index contributed by atoms with van der Waals surface area (Å²) in [4.78, 5) is 16.5. The predicted octanol–water partition coefficient (Wildman–Crippen LogP) is 3.47. The second-order valence-corrected chi connectivity index (χ2v) is 4.82. The molecule has 0 aliphatic carbocycles. The molecular formula is C18H15NO4. The van der Waals surface area contributed by atoms with Crippen LogP contribution < -0.4 is 14.2 Å². The van der Waals surface area contributed by atoms with E-state index in [0.29, 0.717) is 22.8 Å². The van der Waals surface area contributed by atoms with Crippen molar-refractivity contribution in [1.29, 1.82) is 0 Å². The van der Waals surface area contributed by atoms with Gasteiger partial charge < -0.3 is 14.2 Å². The molecule has 5 heteroatoms. The van der Waals surface area contributed by atoms with Crippen molar-refractivity contribution < 1.29 is 19.0 Å². The second-order valence-electron chi connectivity index (χ2n) is 4.82. The van der Waals surface area contributed by atoms with Crippen molar-refractivity contribution in [2.24, 2.45) is 0 Å². The molecule has 5 nitrogen and oxygen atoms in total. The smallest absolute Gasteiger partial charge is 0.343 e. The third-order valence-electron chi connectivity index (χ3n) is 3.40. The van der Waals surface area contributed by atoms with E-state index < -0.39 is 5.97 Å². The maximum absolute atomic E-state index is 12.3. The van der Waals surface area contributed by atoms with Crippen LogP contribution >= 0.6 is 0 Å². The van der Waals surface area contributed by atoms with Crippen LogP contribution in [0.5, 0.6) is 17.2 Å². The Morgan fingerprint density at radius 3 is 2.57 bits per heavy atom. The van der Waals surface area contributed by atoms with E-state index in [1.807, 2.05) is 12.1 Å². The van der Waals surface area contributed by atoms with Gasteiger partial charge in [-0.05, 0) is 36.4 Å². The average molecular weight is 309 g/mol. The van der Waals surface area contributed by atoms with Crippen LogP contribution in [-0.2, 0) is 0 Å². The van der Waals surface area contributed by atoms with Gasteiger partial charge >= 0.3 is 5.97 Å². The Hall–Kier alpha value is -3.08. The van der Waals surface area contributed by atoms with Gasteiger partial charge in [0.15, 0.2) is 11.5 Å². The highest BCUT2D eigenvalue weighted by molar-refractivity contribution is 5.95. The summed E-state index contributed by atoms with van der Waals surface area (Å²) in [7, 11) is 3.08. The normalized spacial score (nSPS) is 10.3. The first-order chi connectivity index (χ1) is 11.2. The summed E-state index contributed by atoms with van der Waals surface area (Å²) in [5.41, 5.74) is 1.29. The van der Waals surface area contributed by atoms with Crippen molar-refractivity contribution in [3.63, 3.8) is 0 Å². The maximum Gasteiger partial charge on any atom is 0.343 e. The summed E-state index contributed by atoms with van der Waals surface area (Å²) in [6.07, 6.45) is 1.71. The molecule has 0 saturated heterocycles. The molecule has 1 heterocycles.